The predicted octanol–water partition coefficient (Wildman–Crippen LogP) is -2.81. The van der Waals surface area contributed by atoms with Crippen molar-refractivity contribution in [3.8, 4) is 0 Å². The molecule has 0 aliphatic carbocycles. The zero-order chi connectivity index (χ0) is 97.3. The fraction of sp³-hybridized carbons (Fsp3) is 0.506. The number of para-hydroxylation sites is 2. The number of aliphatic hydroxyl groups excluding tert-OH is 1. The first-order chi connectivity index (χ1) is 63.4. The number of nitrogens with two attached hydrogens (primary N) is 3. The number of fused-ring (bicyclic) bond motifs is 3. The number of H-pyrrole nitrogens is 3. The standard InChI is InChI=1S/C89H124N24O19S/c1-9-11-29-69-83(126)102-60(28-20-34-95-51(4)90)79(122)108-68(78(121)98-44-74(93)117)47-133-48-76(119)101-64(36-52-22-14-13-15-23-52)86(129)110(6)50(3)77(120)105-66(40-73(92)116)88(131)113-35-21-31-70(113)84(127)104-63(39-55-43-94-49-99-55)81(124)103-61(32-33-72(91)115)85(128)109(5)45-75(118)100-62(37-53-41-96-58-26-18-16-24-56(53)58)80(123)107-67(46-114)82(125)106-65(38-54-42-97-59-27-19-17-25-57(54)59)87(130)112(8)71(30-12-10-2)89(132)111(69)7/h13-19,22-27,41-43,49-50,60-71,96-97,114H,9-12,20-21,28-40,44-48H2,1-8H3,(H2,90,95)(H2,91,115)(H2,92,116)(H2,93,117)(H,94,99)(H,98,121)(H,100,118)(H,101,119)(H,102,126)(H,103,124)(H,104,127)(H,105,120)(H,106,125)(H,107,123)(H,108,122)/t50-,60-,61-,62-,63-,64-,65-,66-,67-,68-,69-,70-,71-/m0/s1. The summed E-state index contributed by atoms with van der Waals surface area (Å²) in [6.45, 7) is 3.79. The molecule has 8 rings (SSSR count). The summed E-state index contributed by atoms with van der Waals surface area (Å²) < 4.78 is 0. The predicted molar refractivity (Wildman–Crippen MR) is 490 cm³/mol. The third-order valence-corrected chi connectivity index (χ3v) is 24.2. The van der Waals surface area contributed by atoms with E-state index in [9.17, 15) is 67.4 Å². The number of imidazole rings is 1. The Kier molecular flexibility index (Phi) is 40.2. The third-order valence-electron chi connectivity index (χ3n) is 23.2. The number of hydrogen-bond acceptors (Lipinski definition) is 22. The van der Waals surface area contributed by atoms with Gasteiger partial charge in [-0.2, -0.15) is 0 Å². The van der Waals surface area contributed by atoms with E-state index in [4.69, 9.17) is 22.6 Å². The van der Waals surface area contributed by atoms with Crippen LogP contribution in [0.1, 0.15) is 134 Å². The molecule has 18 amide bonds. The number of thioether (sulfide) groups is 1. The number of aliphatic hydroxyl groups is 1. The lowest BCUT2D eigenvalue weighted by molar-refractivity contribution is -0.149. The summed E-state index contributed by atoms with van der Waals surface area (Å²) in [5.41, 5.74) is 19.8. The lowest BCUT2D eigenvalue weighted by atomic mass is 10.00. The van der Waals surface area contributed by atoms with Gasteiger partial charge in [0.2, 0.25) is 106 Å². The van der Waals surface area contributed by atoms with Crippen molar-refractivity contribution in [2.45, 2.75) is 215 Å². The van der Waals surface area contributed by atoms with Gasteiger partial charge in [0, 0.05) is 125 Å². The monoisotopic (exact) mass is 1860 g/mol. The van der Waals surface area contributed by atoms with Gasteiger partial charge in [0.25, 0.3) is 0 Å². The quantitative estimate of drug-likeness (QED) is 0.0141. The molecule has 6 aromatic rings. The molecule has 3 aromatic carbocycles. The first kappa shape index (κ1) is 105. The molecule has 3 aromatic heterocycles. The average Bonchev–Trinajstić information content (AvgIpc) is 1.52. The molecule has 0 saturated carbocycles. The highest BCUT2D eigenvalue weighted by molar-refractivity contribution is 8.00. The highest BCUT2D eigenvalue weighted by Crippen LogP contribution is 2.26. The lowest BCUT2D eigenvalue weighted by Crippen LogP contribution is -2.61. The van der Waals surface area contributed by atoms with E-state index >= 15 is 24.0 Å². The van der Waals surface area contributed by atoms with Crippen LogP contribution >= 0.6 is 11.8 Å². The molecule has 44 heteroatoms. The summed E-state index contributed by atoms with van der Waals surface area (Å²) in [6.07, 6.45) is 4.73. The Morgan fingerprint density at radius 2 is 1.06 bits per heavy atom. The molecule has 0 spiro atoms. The van der Waals surface area contributed by atoms with Crippen molar-refractivity contribution in [1.29, 1.82) is 5.41 Å². The van der Waals surface area contributed by atoms with Crippen LogP contribution in [0.2, 0.25) is 0 Å². The molecule has 43 nitrogen and oxygen atoms in total. The number of rotatable bonds is 27. The molecule has 720 valence electrons. The van der Waals surface area contributed by atoms with Crippen molar-refractivity contribution < 1.29 is 91.4 Å². The number of likely N-dealkylation sites (N-methyl/N-ethyl adjacent to an activating group) is 4. The molecule has 2 aliphatic rings. The fourth-order valence-electron chi connectivity index (χ4n) is 15.7. The number of amidine groups is 1. The zero-order valence-corrected chi connectivity index (χ0v) is 76.7. The van der Waals surface area contributed by atoms with Gasteiger partial charge < -0.3 is 120 Å². The Labute approximate surface area is 773 Å². The maximum Gasteiger partial charge on any atom is 0.246 e. The molecule has 5 heterocycles. The lowest BCUT2D eigenvalue weighted by Gasteiger charge is -2.36. The fourth-order valence-corrected chi connectivity index (χ4v) is 16.6. The molecule has 13 atom stereocenters. The van der Waals surface area contributed by atoms with Gasteiger partial charge in [-0.1, -0.05) is 106 Å². The Balaban J connectivity index is 1.18. The van der Waals surface area contributed by atoms with Crippen molar-refractivity contribution in [2.24, 2.45) is 17.2 Å². The SMILES string of the molecule is CCCC[C@H]1C(=O)N(C)[C@@H](CCCC)C(=O)N[C@@H](CCCNC(C)=N)C(=O)N[C@H](C(=O)NCC(N)=O)CSCC(=O)N[C@@H](Cc2ccccc2)C(=O)N(C)[C@@H](C)C(=O)N[C@@H](CC(N)=O)C(=O)N2CCC[C@H]2C(=O)N[C@@H](Cc2cnc[nH]2)C(=O)N[C@@H](CCC(N)=O)C(=O)N(C)CC(=O)N[C@@H](Cc2c[nH]c3ccccc23)C(=O)N[C@@H](CO)C(=O)N[C@@H](Cc2c[nH]c3ccccc23)C(=O)N1C. The second-order valence-corrected chi connectivity index (χ2v) is 34.3. The third kappa shape index (κ3) is 30.6. The maximum absolute atomic E-state index is 15.7. The summed E-state index contributed by atoms with van der Waals surface area (Å²) in [6, 6.07) is 2.15. The Bertz CT molecular complexity index is 5130. The zero-order valence-electron chi connectivity index (χ0n) is 75.9. The number of aromatic amines is 3. The molecule has 2 saturated heterocycles. The molecule has 2 aliphatic heterocycles. The number of nitrogens with one attached hydrogen (secondary N) is 15. The highest BCUT2D eigenvalue weighted by Gasteiger charge is 2.44. The van der Waals surface area contributed by atoms with Gasteiger partial charge in [0.05, 0.1) is 44.0 Å². The molecule has 133 heavy (non-hydrogen) atoms. The summed E-state index contributed by atoms with van der Waals surface area (Å²) in [7, 11) is 5.13. The van der Waals surface area contributed by atoms with Crippen molar-refractivity contribution >= 4 is 146 Å². The molecule has 0 unspecified atom stereocenters. The van der Waals surface area contributed by atoms with Crippen LogP contribution in [-0.4, -0.2) is 313 Å². The molecule has 2 fully saturated rings. The van der Waals surface area contributed by atoms with Crippen LogP contribution in [0.4, 0.5) is 0 Å². The number of aromatic nitrogens is 4. The number of benzene rings is 3. The van der Waals surface area contributed by atoms with Crippen LogP contribution in [0.15, 0.2) is 104 Å². The Morgan fingerprint density at radius 3 is 1.66 bits per heavy atom. The Hall–Kier alpha value is -13.8. The van der Waals surface area contributed by atoms with Gasteiger partial charge in [0.15, 0.2) is 0 Å². The average molecular weight is 1870 g/mol. The van der Waals surface area contributed by atoms with E-state index in [0.29, 0.717) is 64.2 Å². The molecule has 0 radical (unpaired) electrons. The number of nitrogens with zero attached hydrogens (tertiary/aromatic N) is 6. The van der Waals surface area contributed by atoms with E-state index in [1.165, 1.54) is 54.6 Å². The smallest absolute Gasteiger partial charge is 0.246 e. The largest absolute Gasteiger partial charge is 0.394 e. The van der Waals surface area contributed by atoms with Gasteiger partial charge in [-0.25, -0.2) is 4.98 Å². The number of amides is 18. The first-order valence-electron chi connectivity index (χ1n) is 44.2. The minimum Gasteiger partial charge on any atom is -0.394 e. The van der Waals surface area contributed by atoms with E-state index in [0.717, 1.165) is 36.3 Å². The van der Waals surface area contributed by atoms with Gasteiger partial charge in [-0.15, -0.1) is 11.8 Å². The van der Waals surface area contributed by atoms with Crippen LogP contribution < -0.4 is 75.7 Å². The number of carbonyl (C=O) groups is 18. The number of hydrogen-bond donors (Lipinski definition) is 19. The number of unbranched alkanes of at least 4 members (excludes halogenated alkanes) is 2. The van der Waals surface area contributed by atoms with Gasteiger partial charge in [0.1, 0.15) is 78.5 Å². The van der Waals surface area contributed by atoms with Crippen LogP contribution in [0.5, 0.6) is 0 Å². The van der Waals surface area contributed by atoms with Crippen molar-refractivity contribution in [2.75, 3.05) is 72.5 Å². The van der Waals surface area contributed by atoms with Gasteiger partial charge in [-0.05, 0) is 87.6 Å². The minimum absolute atomic E-state index is 0.000470. The minimum atomic E-state index is -1.88. The summed E-state index contributed by atoms with van der Waals surface area (Å²) >= 11 is 0.797. The van der Waals surface area contributed by atoms with E-state index in [2.05, 4.69) is 78.4 Å². The van der Waals surface area contributed by atoms with Crippen LogP contribution in [0.25, 0.3) is 21.8 Å². The van der Waals surface area contributed by atoms with Crippen molar-refractivity contribution in [3.05, 3.63) is 126 Å². The Morgan fingerprint density at radius 1 is 0.519 bits per heavy atom. The second kappa shape index (κ2) is 51.1. The van der Waals surface area contributed by atoms with E-state index in [1.807, 2.05) is 13.8 Å². The van der Waals surface area contributed by atoms with Crippen molar-refractivity contribution in [3.63, 3.8) is 0 Å². The topological polar surface area (TPSA) is 638 Å². The summed E-state index contributed by atoms with van der Waals surface area (Å²) in [5.74, 6) is -17.9. The second-order valence-electron chi connectivity index (χ2n) is 33.2. The molecule has 0 bridgehead atoms. The van der Waals surface area contributed by atoms with Crippen molar-refractivity contribution in [1.82, 2.24) is 103 Å². The number of carbonyl (C=O) groups excluding carboxylic acids is 18. The first-order valence-corrected chi connectivity index (χ1v) is 45.4. The summed E-state index contributed by atoms with van der Waals surface area (Å²) in [4.78, 5) is 279. The maximum atomic E-state index is 15.7. The molecular weight excluding hydrogens is 1740 g/mol. The molecule has 22 N–H and O–H groups in total. The highest BCUT2D eigenvalue weighted by atomic mass is 32.2. The van der Waals surface area contributed by atoms with Crippen LogP contribution in [-0.2, 0) is 112 Å². The van der Waals surface area contributed by atoms with Gasteiger partial charge >= 0.3 is 0 Å². The summed E-state index contributed by atoms with van der Waals surface area (Å²) in [5, 5.41) is 49.4. The van der Waals surface area contributed by atoms with Crippen LogP contribution in [0, 0.1) is 5.41 Å². The van der Waals surface area contributed by atoms with E-state index < -0.39 is 235 Å². The normalized spacial score (nSPS) is 23.3. The van der Waals surface area contributed by atoms with E-state index in [1.54, 1.807) is 91.3 Å². The van der Waals surface area contributed by atoms with Gasteiger partial charge in [-0.3, -0.25) is 91.7 Å². The number of primary amides is 3. The molecular formula is C89H124N24O19S. The van der Waals surface area contributed by atoms with E-state index in [-0.39, 0.29) is 88.8 Å². The van der Waals surface area contributed by atoms with Crippen LogP contribution in [0.3, 0.4) is 0 Å².